The zero-order chi connectivity index (χ0) is 14.6. The van der Waals surface area contributed by atoms with E-state index in [9.17, 15) is 8.42 Å². The van der Waals surface area contributed by atoms with E-state index in [1.54, 1.807) is 19.2 Å². The van der Waals surface area contributed by atoms with Gasteiger partial charge in [-0.15, -0.1) is 0 Å². The van der Waals surface area contributed by atoms with Crippen molar-refractivity contribution in [3.8, 4) is 0 Å². The molecule has 0 bridgehead atoms. The molecule has 1 atom stereocenters. The fraction of sp³-hybridized carbons (Fsp3) is 0.571. The largest absolute Gasteiger partial charge is 0.313 e. The van der Waals surface area contributed by atoms with Crippen LogP contribution in [0.2, 0.25) is 0 Å². The van der Waals surface area contributed by atoms with Gasteiger partial charge >= 0.3 is 0 Å². The summed E-state index contributed by atoms with van der Waals surface area (Å²) in [6.07, 6.45) is 0.943. The molecule has 0 spiro atoms. The second-order valence-electron chi connectivity index (χ2n) is 4.96. The Bertz CT molecular complexity index is 523. The van der Waals surface area contributed by atoms with Gasteiger partial charge in [0.1, 0.15) is 0 Å². The second-order valence-corrected chi connectivity index (χ2v) is 8.11. The van der Waals surface area contributed by atoms with Gasteiger partial charge in [-0.05, 0) is 36.4 Å². The SMILES string of the molecule is CCNCc1ccc(S(=O)(=O)N(C)C2CCSC2)cc1. The van der Waals surface area contributed by atoms with Gasteiger partial charge in [-0.25, -0.2) is 8.42 Å². The minimum absolute atomic E-state index is 0.131. The van der Waals surface area contributed by atoms with Crippen LogP contribution >= 0.6 is 11.8 Å². The molecule has 0 saturated carbocycles. The van der Waals surface area contributed by atoms with Gasteiger partial charge in [-0.3, -0.25) is 0 Å². The van der Waals surface area contributed by atoms with E-state index in [0.29, 0.717) is 4.90 Å². The lowest BCUT2D eigenvalue weighted by molar-refractivity contribution is 0.394. The Morgan fingerprint density at radius 3 is 2.60 bits per heavy atom. The van der Waals surface area contributed by atoms with Crippen molar-refractivity contribution >= 4 is 21.8 Å². The van der Waals surface area contributed by atoms with Crippen molar-refractivity contribution in [2.24, 2.45) is 0 Å². The van der Waals surface area contributed by atoms with Gasteiger partial charge in [0.05, 0.1) is 4.90 Å². The summed E-state index contributed by atoms with van der Waals surface area (Å²) in [7, 11) is -1.67. The maximum atomic E-state index is 12.5. The molecule has 0 radical (unpaired) electrons. The van der Waals surface area contributed by atoms with Crippen molar-refractivity contribution in [2.75, 3.05) is 25.1 Å². The smallest absolute Gasteiger partial charge is 0.243 e. The molecule has 0 aliphatic carbocycles. The van der Waals surface area contributed by atoms with Crippen LogP contribution in [0.3, 0.4) is 0 Å². The van der Waals surface area contributed by atoms with Crippen LogP contribution in [0.5, 0.6) is 0 Å². The summed E-state index contributed by atoms with van der Waals surface area (Å²) in [5.41, 5.74) is 1.10. The number of rotatable bonds is 6. The maximum Gasteiger partial charge on any atom is 0.243 e. The third-order valence-corrected chi connectivity index (χ3v) is 6.67. The normalized spacial score (nSPS) is 19.6. The van der Waals surface area contributed by atoms with Crippen molar-refractivity contribution in [1.29, 1.82) is 0 Å². The first-order valence-corrected chi connectivity index (χ1v) is 9.50. The number of hydrogen-bond donors (Lipinski definition) is 1. The molecule has 1 aliphatic heterocycles. The van der Waals surface area contributed by atoms with Gasteiger partial charge in [0.25, 0.3) is 0 Å². The van der Waals surface area contributed by atoms with Crippen molar-refractivity contribution in [2.45, 2.75) is 30.8 Å². The summed E-state index contributed by atoms with van der Waals surface area (Å²) in [5, 5.41) is 3.23. The Hall–Kier alpha value is -0.560. The number of nitrogens with one attached hydrogen (secondary N) is 1. The first-order valence-electron chi connectivity index (χ1n) is 6.91. The van der Waals surface area contributed by atoms with Gasteiger partial charge in [-0.2, -0.15) is 16.1 Å². The van der Waals surface area contributed by atoms with Crippen LogP contribution in [-0.2, 0) is 16.6 Å². The van der Waals surface area contributed by atoms with Gasteiger partial charge < -0.3 is 5.32 Å². The van der Waals surface area contributed by atoms with Gasteiger partial charge in [0.15, 0.2) is 0 Å². The van der Waals surface area contributed by atoms with Crippen LogP contribution in [0.15, 0.2) is 29.2 Å². The Morgan fingerprint density at radius 2 is 2.05 bits per heavy atom. The monoisotopic (exact) mass is 314 g/mol. The van der Waals surface area contributed by atoms with E-state index in [2.05, 4.69) is 5.32 Å². The average molecular weight is 314 g/mol. The lowest BCUT2D eigenvalue weighted by Crippen LogP contribution is -2.36. The molecule has 1 aliphatic rings. The van der Waals surface area contributed by atoms with Crippen molar-refractivity contribution < 1.29 is 8.42 Å². The number of thioether (sulfide) groups is 1. The Kier molecular flexibility index (Phi) is 5.49. The Balaban J connectivity index is 2.12. The van der Waals surface area contributed by atoms with Crippen molar-refractivity contribution in [3.63, 3.8) is 0 Å². The summed E-state index contributed by atoms with van der Waals surface area (Å²) in [5.74, 6) is 1.94. The lowest BCUT2D eigenvalue weighted by atomic mass is 10.2. The van der Waals surface area contributed by atoms with Crippen molar-refractivity contribution in [3.05, 3.63) is 29.8 Å². The van der Waals surface area contributed by atoms with E-state index in [1.165, 1.54) is 4.31 Å². The van der Waals surface area contributed by atoms with E-state index < -0.39 is 10.0 Å². The summed E-state index contributed by atoms with van der Waals surface area (Å²) in [6.45, 7) is 3.72. The molecule has 0 amide bonds. The molecule has 4 nitrogen and oxygen atoms in total. The molecule has 0 aromatic heterocycles. The molecule has 1 aromatic carbocycles. The molecule has 1 saturated heterocycles. The van der Waals surface area contributed by atoms with E-state index in [4.69, 9.17) is 0 Å². The van der Waals surface area contributed by atoms with E-state index in [-0.39, 0.29) is 6.04 Å². The zero-order valence-electron chi connectivity index (χ0n) is 12.0. The minimum Gasteiger partial charge on any atom is -0.313 e. The third-order valence-electron chi connectivity index (χ3n) is 3.60. The quantitative estimate of drug-likeness (QED) is 0.871. The molecule has 1 heterocycles. The van der Waals surface area contributed by atoms with E-state index >= 15 is 0 Å². The van der Waals surface area contributed by atoms with Gasteiger partial charge in [-0.1, -0.05) is 19.1 Å². The zero-order valence-corrected chi connectivity index (χ0v) is 13.6. The highest BCUT2D eigenvalue weighted by atomic mass is 32.2. The van der Waals surface area contributed by atoms with Crippen LogP contribution in [-0.4, -0.2) is 43.9 Å². The molecule has 1 N–H and O–H groups in total. The second kappa shape index (κ2) is 6.93. The fourth-order valence-electron chi connectivity index (χ4n) is 2.22. The summed E-state index contributed by atoms with van der Waals surface area (Å²) in [6, 6.07) is 7.31. The highest BCUT2D eigenvalue weighted by Gasteiger charge is 2.30. The Labute approximate surface area is 126 Å². The molecule has 6 heteroatoms. The topological polar surface area (TPSA) is 49.4 Å². The average Bonchev–Trinajstić information content (AvgIpc) is 2.98. The van der Waals surface area contributed by atoms with Crippen LogP contribution in [0, 0.1) is 0 Å². The van der Waals surface area contributed by atoms with Gasteiger partial charge in [0.2, 0.25) is 10.0 Å². The summed E-state index contributed by atoms with van der Waals surface area (Å²) >= 11 is 1.82. The number of sulfonamides is 1. The third kappa shape index (κ3) is 3.55. The molecule has 2 rings (SSSR count). The van der Waals surface area contributed by atoms with E-state index in [1.807, 2.05) is 30.8 Å². The first-order chi connectivity index (χ1) is 9.55. The number of benzene rings is 1. The highest BCUT2D eigenvalue weighted by molar-refractivity contribution is 7.99. The predicted octanol–water partition coefficient (Wildman–Crippen LogP) is 1.92. The van der Waals surface area contributed by atoms with Crippen molar-refractivity contribution in [1.82, 2.24) is 9.62 Å². The highest BCUT2D eigenvalue weighted by Crippen LogP contribution is 2.26. The first kappa shape index (κ1) is 15.8. The lowest BCUT2D eigenvalue weighted by Gasteiger charge is -2.23. The fourth-order valence-corrected chi connectivity index (χ4v) is 4.97. The molecule has 20 heavy (non-hydrogen) atoms. The minimum atomic E-state index is -3.36. The van der Waals surface area contributed by atoms with Gasteiger partial charge in [0, 0.05) is 25.4 Å². The predicted molar refractivity (Wildman–Crippen MR) is 84.5 cm³/mol. The standard InChI is InChI=1S/C14H22N2O2S2/c1-3-15-10-12-4-6-14(7-5-12)20(17,18)16(2)13-8-9-19-11-13/h4-7,13,15H,3,8-11H2,1-2H3. The Morgan fingerprint density at radius 1 is 1.35 bits per heavy atom. The summed E-state index contributed by atoms with van der Waals surface area (Å²) in [4.78, 5) is 0.386. The molecule has 1 fully saturated rings. The molecule has 1 unspecified atom stereocenters. The molecular weight excluding hydrogens is 292 g/mol. The maximum absolute atomic E-state index is 12.5. The van der Waals surface area contributed by atoms with Crippen LogP contribution in [0.4, 0.5) is 0 Å². The molecule has 112 valence electrons. The number of nitrogens with zero attached hydrogens (tertiary/aromatic N) is 1. The molecular formula is C14H22N2O2S2. The number of hydrogen-bond acceptors (Lipinski definition) is 4. The van der Waals surface area contributed by atoms with Crippen LogP contribution < -0.4 is 5.32 Å². The summed E-state index contributed by atoms with van der Waals surface area (Å²) < 4.78 is 26.6. The van der Waals surface area contributed by atoms with Crippen LogP contribution in [0.25, 0.3) is 0 Å². The molecule has 1 aromatic rings. The van der Waals surface area contributed by atoms with Crippen LogP contribution in [0.1, 0.15) is 18.9 Å². The van der Waals surface area contributed by atoms with E-state index in [0.717, 1.165) is 36.6 Å².